The van der Waals surface area contributed by atoms with Crippen molar-refractivity contribution in [3.8, 4) is 0 Å². The molecular formula is C12H13NO3. The maximum absolute atomic E-state index is 11.5. The summed E-state index contributed by atoms with van der Waals surface area (Å²) < 4.78 is 0. The van der Waals surface area contributed by atoms with E-state index in [1.165, 1.54) is 0 Å². The van der Waals surface area contributed by atoms with Crippen LogP contribution in [-0.4, -0.2) is 30.5 Å². The van der Waals surface area contributed by atoms with Gasteiger partial charge in [0.05, 0.1) is 0 Å². The summed E-state index contributed by atoms with van der Waals surface area (Å²) in [7, 11) is 1.95. The smallest absolute Gasteiger partial charge is 0.377 e. The number of ketones is 1. The van der Waals surface area contributed by atoms with Crippen LogP contribution in [0.25, 0.3) is 0 Å². The molecule has 16 heavy (non-hydrogen) atoms. The second-order valence-electron chi connectivity index (χ2n) is 3.96. The van der Waals surface area contributed by atoms with Crippen LogP contribution in [0.3, 0.4) is 0 Å². The first-order valence-corrected chi connectivity index (χ1v) is 5.22. The molecule has 1 N–H and O–H groups in total. The lowest BCUT2D eigenvalue weighted by molar-refractivity contribution is -0.131. The van der Waals surface area contributed by atoms with E-state index >= 15 is 0 Å². The fourth-order valence-corrected chi connectivity index (χ4v) is 2.14. The molecule has 0 aromatic heterocycles. The van der Waals surface area contributed by atoms with Gasteiger partial charge in [-0.25, -0.2) is 4.79 Å². The molecule has 0 fully saturated rings. The summed E-state index contributed by atoms with van der Waals surface area (Å²) in [5, 5.41) is 8.74. The van der Waals surface area contributed by atoms with E-state index in [0.29, 0.717) is 5.56 Å². The van der Waals surface area contributed by atoms with Crippen LogP contribution in [0.2, 0.25) is 0 Å². The van der Waals surface area contributed by atoms with E-state index < -0.39 is 11.8 Å². The molecule has 1 heterocycles. The standard InChI is InChI=1S/C12H13NO3/c1-13-7-3-5-8-9(11(14)12(15)16)4-2-6-10(8)13/h2,4,6H,3,5,7H2,1H3,(H,15,16). The molecule has 1 aromatic carbocycles. The fraction of sp³-hybridized carbons (Fsp3) is 0.333. The van der Waals surface area contributed by atoms with Crippen molar-refractivity contribution in [2.24, 2.45) is 0 Å². The normalized spacial score (nSPS) is 14.4. The molecule has 0 spiro atoms. The average Bonchev–Trinajstić information content (AvgIpc) is 2.28. The van der Waals surface area contributed by atoms with Crippen LogP contribution in [-0.2, 0) is 11.2 Å². The Hall–Kier alpha value is -1.84. The van der Waals surface area contributed by atoms with Crippen molar-refractivity contribution in [3.05, 3.63) is 29.3 Å². The molecule has 0 radical (unpaired) electrons. The van der Waals surface area contributed by atoms with E-state index in [9.17, 15) is 9.59 Å². The first-order chi connectivity index (χ1) is 7.61. The number of hydrogen-bond acceptors (Lipinski definition) is 3. The molecule has 0 aliphatic carbocycles. The summed E-state index contributed by atoms with van der Waals surface area (Å²) in [6, 6.07) is 5.25. The van der Waals surface area contributed by atoms with Gasteiger partial charge in [0.2, 0.25) is 0 Å². The Morgan fingerprint density at radius 1 is 1.38 bits per heavy atom. The van der Waals surface area contributed by atoms with Gasteiger partial charge < -0.3 is 10.0 Å². The molecule has 1 aliphatic heterocycles. The Balaban J connectivity index is 2.52. The van der Waals surface area contributed by atoms with Crippen molar-refractivity contribution in [1.82, 2.24) is 0 Å². The highest BCUT2D eigenvalue weighted by atomic mass is 16.4. The van der Waals surface area contributed by atoms with Gasteiger partial charge in [-0.05, 0) is 24.5 Å². The quantitative estimate of drug-likeness (QED) is 0.602. The van der Waals surface area contributed by atoms with Crippen molar-refractivity contribution in [3.63, 3.8) is 0 Å². The van der Waals surface area contributed by atoms with Gasteiger partial charge in [-0.15, -0.1) is 0 Å². The van der Waals surface area contributed by atoms with Gasteiger partial charge in [0, 0.05) is 24.8 Å². The van der Waals surface area contributed by atoms with Crippen molar-refractivity contribution in [1.29, 1.82) is 0 Å². The second kappa shape index (κ2) is 3.96. The Morgan fingerprint density at radius 3 is 2.81 bits per heavy atom. The molecule has 0 amide bonds. The largest absolute Gasteiger partial charge is 0.475 e. The minimum absolute atomic E-state index is 0.330. The Kier molecular flexibility index (Phi) is 2.64. The number of aliphatic carboxylic acids is 1. The molecular weight excluding hydrogens is 206 g/mol. The topological polar surface area (TPSA) is 57.6 Å². The lowest BCUT2D eigenvalue weighted by Gasteiger charge is -2.28. The van der Waals surface area contributed by atoms with Gasteiger partial charge in [0.25, 0.3) is 5.78 Å². The lowest BCUT2D eigenvalue weighted by atomic mass is 9.94. The number of carbonyl (C=O) groups excluding carboxylic acids is 1. The third kappa shape index (κ3) is 1.66. The zero-order valence-corrected chi connectivity index (χ0v) is 9.06. The lowest BCUT2D eigenvalue weighted by Crippen LogP contribution is -2.27. The van der Waals surface area contributed by atoms with E-state index in [0.717, 1.165) is 30.6 Å². The molecule has 4 heteroatoms. The number of anilines is 1. The number of benzene rings is 1. The van der Waals surface area contributed by atoms with Crippen molar-refractivity contribution < 1.29 is 14.7 Å². The molecule has 4 nitrogen and oxygen atoms in total. The van der Waals surface area contributed by atoms with Gasteiger partial charge in [-0.3, -0.25) is 4.79 Å². The van der Waals surface area contributed by atoms with Gasteiger partial charge >= 0.3 is 5.97 Å². The first-order valence-electron chi connectivity index (χ1n) is 5.22. The maximum Gasteiger partial charge on any atom is 0.377 e. The van der Waals surface area contributed by atoms with Crippen LogP contribution in [0.4, 0.5) is 5.69 Å². The number of rotatable bonds is 2. The third-order valence-corrected chi connectivity index (χ3v) is 2.92. The number of Topliss-reactive ketones (excluding diaryl/α,β-unsaturated/α-hetero) is 1. The molecule has 0 unspecified atom stereocenters. The second-order valence-corrected chi connectivity index (χ2v) is 3.96. The summed E-state index contributed by atoms with van der Waals surface area (Å²) in [6.07, 6.45) is 1.72. The monoisotopic (exact) mass is 219 g/mol. The van der Waals surface area contributed by atoms with Gasteiger partial charge in [-0.2, -0.15) is 0 Å². The van der Waals surface area contributed by atoms with Crippen molar-refractivity contribution in [2.45, 2.75) is 12.8 Å². The van der Waals surface area contributed by atoms with E-state index in [2.05, 4.69) is 4.90 Å². The molecule has 0 atom stereocenters. The van der Waals surface area contributed by atoms with E-state index in [1.54, 1.807) is 12.1 Å². The van der Waals surface area contributed by atoms with Crippen LogP contribution in [0, 0.1) is 0 Å². The Bertz CT molecular complexity index is 454. The van der Waals surface area contributed by atoms with Gasteiger partial charge in [-0.1, -0.05) is 12.1 Å². The summed E-state index contributed by atoms with van der Waals surface area (Å²) in [6.45, 7) is 0.942. The zero-order chi connectivity index (χ0) is 11.7. The predicted octanol–water partition coefficient (Wildman–Crippen LogP) is 1.34. The first kappa shape index (κ1) is 10.7. The number of carboxylic acids is 1. The SMILES string of the molecule is CN1CCCc2c(C(=O)C(=O)O)cccc21. The zero-order valence-electron chi connectivity index (χ0n) is 9.06. The predicted molar refractivity (Wildman–Crippen MR) is 60.0 cm³/mol. The molecule has 0 saturated heterocycles. The summed E-state index contributed by atoms with van der Waals surface area (Å²) in [4.78, 5) is 24.3. The highest BCUT2D eigenvalue weighted by Crippen LogP contribution is 2.28. The van der Waals surface area contributed by atoms with Crippen LogP contribution < -0.4 is 4.90 Å². The van der Waals surface area contributed by atoms with E-state index in [4.69, 9.17) is 5.11 Å². The molecule has 2 rings (SSSR count). The van der Waals surface area contributed by atoms with Crippen LogP contribution in [0.15, 0.2) is 18.2 Å². The minimum Gasteiger partial charge on any atom is -0.475 e. The van der Waals surface area contributed by atoms with E-state index in [-0.39, 0.29) is 0 Å². The third-order valence-electron chi connectivity index (χ3n) is 2.92. The average molecular weight is 219 g/mol. The van der Waals surface area contributed by atoms with Crippen LogP contribution in [0.5, 0.6) is 0 Å². The number of carboxylic acid groups (broad SMARTS) is 1. The number of hydrogen-bond donors (Lipinski definition) is 1. The van der Waals surface area contributed by atoms with Crippen molar-refractivity contribution in [2.75, 3.05) is 18.5 Å². The molecule has 1 aromatic rings. The Morgan fingerprint density at radius 2 is 2.12 bits per heavy atom. The summed E-state index contributed by atoms with van der Waals surface area (Å²) in [5.41, 5.74) is 2.17. The fourth-order valence-electron chi connectivity index (χ4n) is 2.14. The van der Waals surface area contributed by atoms with Gasteiger partial charge in [0.1, 0.15) is 0 Å². The molecule has 0 bridgehead atoms. The van der Waals surface area contributed by atoms with Gasteiger partial charge in [0.15, 0.2) is 0 Å². The Labute approximate surface area is 93.5 Å². The highest BCUT2D eigenvalue weighted by Gasteiger charge is 2.23. The molecule has 1 aliphatic rings. The van der Waals surface area contributed by atoms with Crippen molar-refractivity contribution >= 4 is 17.4 Å². The summed E-state index contributed by atoms with van der Waals surface area (Å²) in [5.74, 6) is -2.20. The van der Waals surface area contributed by atoms with Crippen LogP contribution >= 0.6 is 0 Å². The number of nitrogens with zero attached hydrogens (tertiary/aromatic N) is 1. The maximum atomic E-state index is 11.5. The minimum atomic E-state index is -1.39. The summed E-state index contributed by atoms with van der Waals surface area (Å²) >= 11 is 0. The highest BCUT2D eigenvalue weighted by molar-refractivity contribution is 6.40. The molecule has 0 saturated carbocycles. The number of fused-ring (bicyclic) bond motifs is 1. The van der Waals surface area contributed by atoms with E-state index in [1.807, 2.05) is 13.1 Å². The number of carbonyl (C=O) groups is 2. The van der Waals surface area contributed by atoms with Crippen LogP contribution in [0.1, 0.15) is 22.3 Å². The molecule has 84 valence electrons.